The van der Waals surface area contributed by atoms with E-state index in [-0.39, 0.29) is 18.5 Å². The molecule has 2 rings (SSSR count). The maximum atomic E-state index is 11.9. The van der Waals surface area contributed by atoms with Crippen molar-refractivity contribution in [1.29, 1.82) is 0 Å². The first-order valence-electron chi connectivity index (χ1n) is 7.57. The Balaban J connectivity index is 1.68. The molecule has 6 nitrogen and oxygen atoms in total. The first kappa shape index (κ1) is 16.3. The topological polar surface area (TPSA) is 81.7 Å². The summed E-state index contributed by atoms with van der Waals surface area (Å²) in [6.45, 7) is 3.37. The largest absolute Gasteiger partial charge is 0.391 e. The van der Waals surface area contributed by atoms with Crippen molar-refractivity contribution < 1.29 is 14.7 Å². The van der Waals surface area contributed by atoms with Gasteiger partial charge in [0.15, 0.2) is 0 Å². The number of hydrogen-bond donors (Lipinski definition) is 3. The zero-order chi connectivity index (χ0) is 15.9. The van der Waals surface area contributed by atoms with Crippen LogP contribution in [0, 0.1) is 6.92 Å². The van der Waals surface area contributed by atoms with Gasteiger partial charge in [0.1, 0.15) is 0 Å². The van der Waals surface area contributed by atoms with Gasteiger partial charge in [0.25, 0.3) is 0 Å². The average Bonchev–Trinajstić information content (AvgIpc) is 2.52. The molecule has 0 bridgehead atoms. The fourth-order valence-corrected chi connectivity index (χ4v) is 2.40. The van der Waals surface area contributed by atoms with Gasteiger partial charge in [-0.3, -0.25) is 4.79 Å². The average molecular weight is 305 g/mol. The fourth-order valence-electron chi connectivity index (χ4n) is 2.40. The molecule has 1 fully saturated rings. The highest BCUT2D eigenvalue weighted by molar-refractivity contribution is 5.84. The van der Waals surface area contributed by atoms with Crippen LogP contribution in [0.25, 0.3) is 0 Å². The molecule has 0 radical (unpaired) electrons. The lowest BCUT2D eigenvalue weighted by Crippen LogP contribution is -2.48. The maximum absolute atomic E-state index is 11.9. The molecule has 0 saturated carbocycles. The number of benzene rings is 1. The lowest BCUT2D eigenvalue weighted by atomic mass is 10.1. The number of amides is 3. The van der Waals surface area contributed by atoms with Crippen molar-refractivity contribution in [2.75, 3.05) is 19.6 Å². The minimum atomic E-state index is -0.451. The summed E-state index contributed by atoms with van der Waals surface area (Å²) in [7, 11) is 0. The van der Waals surface area contributed by atoms with E-state index in [9.17, 15) is 14.7 Å². The van der Waals surface area contributed by atoms with Crippen LogP contribution >= 0.6 is 0 Å². The van der Waals surface area contributed by atoms with Crippen molar-refractivity contribution in [3.63, 3.8) is 0 Å². The Morgan fingerprint density at radius 1 is 1.27 bits per heavy atom. The smallest absolute Gasteiger partial charge is 0.315 e. The summed E-state index contributed by atoms with van der Waals surface area (Å²) in [5.74, 6) is -0.163. The lowest BCUT2D eigenvalue weighted by Gasteiger charge is -2.30. The minimum Gasteiger partial charge on any atom is -0.391 e. The Hall–Kier alpha value is -2.08. The van der Waals surface area contributed by atoms with Crippen LogP contribution < -0.4 is 10.6 Å². The summed E-state index contributed by atoms with van der Waals surface area (Å²) in [5.41, 5.74) is 2.17. The Kier molecular flexibility index (Phi) is 5.77. The highest BCUT2D eigenvalue weighted by Gasteiger charge is 2.21. The van der Waals surface area contributed by atoms with Gasteiger partial charge in [-0.2, -0.15) is 0 Å². The third-order valence-electron chi connectivity index (χ3n) is 3.72. The molecule has 0 spiro atoms. The van der Waals surface area contributed by atoms with E-state index in [1.165, 1.54) is 5.56 Å². The van der Waals surface area contributed by atoms with Gasteiger partial charge < -0.3 is 20.6 Å². The van der Waals surface area contributed by atoms with Crippen LogP contribution in [0.2, 0.25) is 0 Å². The Morgan fingerprint density at radius 2 is 2.00 bits per heavy atom. The van der Waals surface area contributed by atoms with Gasteiger partial charge in [0, 0.05) is 19.6 Å². The number of rotatable bonds is 4. The summed E-state index contributed by atoms with van der Waals surface area (Å²) in [5, 5.41) is 14.8. The van der Waals surface area contributed by atoms with Crippen molar-refractivity contribution in [3.05, 3.63) is 35.4 Å². The first-order chi connectivity index (χ1) is 10.5. The molecule has 3 N–H and O–H groups in total. The number of nitrogens with one attached hydrogen (secondary N) is 2. The summed E-state index contributed by atoms with van der Waals surface area (Å²) in [6, 6.07) is 7.51. The zero-order valence-electron chi connectivity index (χ0n) is 12.8. The summed E-state index contributed by atoms with van der Waals surface area (Å²) < 4.78 is 0. The summed E-state index contributed by atoms with van der Waals surface area (Å²) in [6.07, 6.45) is 1.08. The lowest BCUT2D eigenvalue weighted by molar-refractivity contribution is -0.133. The van der Waals surface area contributed by atoms with Crippen LogP contribution in [0.4, 0.5) is 4.79 Å². The Morgan fingerprint density at radius 3 is 2.68 bits per heavy atom. The number of nitrogens with zero attached hydrogens (tertiary/aromatic N) is 1. The molecule has 1 saturated heterocycles. The fraction of sp³-hybridized carbons (Fsp3) is 0.500. The van der Waals surface area contributed by atoms with Crippen LogP contribution in [0.15, 0.2) is 24.3 Å². The van der Waals surface area contributed by atoms with Crippen LogP contribution in [0.5, 0.6) is 0 Å². The number of likely N-dealkylation sites (tertiary alicyclic amines) is 1. The van der Waals surface area contributed by atoms with Crippen LogP contribution in [-0.2, 0) is 11.3 Å². The SMILES string of the molecule is Cc1ccc(CNC(=O)NCC(=O)N2CCCC(O)C2)cc1. The second-order valence-corrected chi connectivity index (χ2v) is 5.66. The van der Waals surface area contributed by atoms with Gasteiger partial charge in [-0.15, -0.1) is 0 Å². The number of aliphatic hydroxyl groups excluding tert-OH is 1. The number of carbonyl (C=O) groups excluding carboxylic acids is 2. The molecule has 120 valence electrons. The van der Waals surface area contributed by atoms with E-state index in [4.69, 9.17) is 0 Å². The van der Waals surface area contributed by atoms with Crippen LogP contribution in [0.3, 0.4) is 0 Å². The molecule has 1 unspecified atom stereocenters. The molecule has 0 aliphatic carbocycles. The molecule has 6 heteroatoms. The summed E-state index contributed by atoms with van der Waals surface area (Å²) >= 11 is 0. The molecule has 1 aliphatic heterocycles. The molecule has 0 aromatic heterocycles. The van der Waals surface area contributed by atoms with Gasteiger partial charge in [0.2, 0.25) is 5.91 Å². The normalized spacial score (nSPS) is 17.9. The second-order valence-electron chi connectivity index (χ2n) is 5.66. The first-order valence-corrected chi connectivity index (χ1v) is 7.57. The number of urea groups is 1. The van der Waals surface area contributed by atoms with E-state index in [2.05, 4.69) is 10.6 Å². The van der Waals surface area contributed by atoms with E-state index in [1.54, 1.807) is 4.90 Å². The Labute approximate surface area is 130 Å². The third kappa shape index (κ3) is 5.04. The van der Waals surface area contributed by atoms with Gasteiger partial charge in [-0.25, -0.2) is 4.79 Å². The third-order valence-corrected chi connectivity index (χ3v) is 3.72. The standard InChI is InChI=1S/C16H23N3O3/c1-12-4-6-13(7-5-12)9-17-16(22)18-10-15(21)19-8-2-3-14(20)11-19/h4-7,14,20H,2-3,8-11H2,1H3,(H2,17,18,22). The second kappa shape index (κ2) is 7.79. The highest BCUT2D eigenvalue weighted by atomic mass is 16.3. The van der Waals surface area contributed by atoms with Gasteiger partial charge >= 0.3 is 6.03 Å². The van der Waals surface area contributed by atoms with E-state index in [0.29, 0.717) is 19.6 Å². The van der Waals surface area contributed by atoms with Gasteiger partial charge in [-0.1, -0.05) is 29.8 Å². The van der Waals surface area contributed by atoms with Crippen molar-refractivity contribution in [3.8, 4) is 0 Å². The number of aliphatic hydroxyl groups is 1. The predicted molar refractivity (Wildman–Crippen MR) is 83.2 cm³/mol. The van der Waals surface area contributed by atoms with Crippen molar-refractivity contribution in [2.24, 2.45) is 0 Å². The van der Waals surface area contributed by atoms with E-state index < -0.39 is 6.10 Å². The molecular weight excluding hydrogens is 282 g/mol. The molecule has 3 amide bonds. The molecule has 1 aliphatic rings. The highest BCUT2D eigenvalue weighted by Crippen LogP contribution is 2.09. The maximum Gasteiger partial charge on any atom is 0.315 e. The summed E-state index contributed by atoms with van der Waals surface area (Å²) in [4.78, 5) is 25.2. The van der Waals surface area contributed by atoms with E-state index >= 15 is 0 Å². The monoisotopic (exact) mass is 305 g/mol. The molecular formula is C16H23N3O3. The number of piperidine rings is 1. The molecule has 1 aromatic rings. The molecule has 1 atom stereocenters. The van der Waals surface area contributed by atoms with Crippen molar-refractivity contribution in [2.45, 2.75) is 32.4 Å². The van der Waals surface area contributed by atoms with E-state index in [0.717, 1.165) is 18.4 Å². The quantitative estimate of drug-likeness (QED) is 0.769. The number of hydrogen-bond acceptors (Lipinski definition) is 3. The predicted octanol–water partition coefficient (Wildman–Crippen LogP) is 0.778. The number of carbonyl (C=O) groups is 2. The van der Waals surface area contributed by atoms with Gasteiger partial charge in [0.05, 0.1) is 12.6 Å². The van der Waals surface area contributed by atoms with Crippen LogP contribution in [-0.4, -0.2) is 47.7 Å². The van der Waals surface area contributed by atoms with Gasteiger partial charge in [-0.05, 0) is 25.3 Å². The Bertz CT molecular complexity index is 516. The minimum absolute atomic E-state index is 0.0492. The van der Waals surface area contributed by atoms with Crippen LogP contribution in [0.1, 0.15) is 24.0 Å². The van der Waals surface area contributed by atoms with Crippen molar-refractivity contribution >= 4 is 11.9 Å². The zero-order valence-corrected chi connectivity index (χ0v) is 12.8. The van der Waals surface area contributed by atoms with E-state index in [1.807, 2.05) is 31.2 Å². The molecule has 22 heavy (non-hydrogen) atoms. The number of β-amino-alcohol motifs (C(OH)–C–C–N with tert-alkyl or cyclic N) is 1. The van der Waals surface area contributed by atoms with Crippen molar-refractivity contribution in [1.82, 2.24) is 15.5 Å². The molecule has 1 aromatic carbocycles. The number of aryl methyl sites for hydroxylation is 1. The molecule has 1 heterocycles.